The average molecular weight is 438 g/mol. The Balaban J connectivity index is 1.70. The minimum atomic E-state index is -0.768. The van der Waals surface area contributed by atoms with E-state index < -0.39 is 18.5 Å². The molecular weight excluding hydrogens is 418 g/mol. The fourth-order valence-electron chi connectivity index (χ4n) is 2.90. The molecule has 0 aromatic heterocycles. The van der Waals surface area contributed by atoms with Gasteiger partial charge in [0.25, 0.3) is 5.91 Å². The van der Waals surface area contributed by atoms with E-state index in [4.69, 9.17) is 21.1 Å². The second-order valence-electron chi connectivity index (χ2n) is 6.64. The van der Waals surface area contributed by atoms with Crippen molar-refractivity contribution in [1.29, 1.82) is 0 Å². The summed E-state index contributed by atoms with van der Waals surface area (Å²) in [7, 11) is 1.53. The molecular formula is C24H20ClNO5. The maximum atomic E-state index is 12.9. The first-order valence-electron chi connectivity index (χ1n) is 9.40. The molecule has 0 unspecified atom stereocenters. The van der Waals surface area contributed by atoms with Crippen LogP contribution in [-0.4, -0.2) is 31.4 Å². The number of rotatable bonds is 7. The lowest BCUT2D eigenvalue weighted by atomic mass is 9.98. The van der Waals surface area contributed by atoms with E-state index in [1.807, 2.05) is 0 Å². The summed E-state index contributed by atoms with van der Waals surface area (Å²) in [4.78, 5) is 37.7. The minimum absolute atomic E-state index is 0.0788. The van der Waals surface area contributed by atoms with Crippen LogP contribution >= 0.6 is 11.6 Å². The van der Waals surface area contributed by atoms with Crippen molar-refractivity contribution in [1.82, 2.24) is 0 Å². The standard InChI is InChI=1S/C24H20ClNO5/c1-15-20(25)8-5-9-21(15)26-22(27)14-31-24(29)19-7-4-3-6-18(19)23(28)16-10-12-17(30-2)13-11-16/h3-13H,14H2,1-2H3,(H,26,27). The first-order chi connectivity index (χ1) is 14.9. The highest BCUT2D eigenvalue weighted by Crippen LogP contribution is 2.23. The van der Waals surface area contributed by atoms with Crippen LogP contribution in [0.3, 0.4) is 0 Å². The Morgan fingerprint density at radius 1 is 0.903 bits per heavy atom. The number of ether oxygens (including phenoxy) is 2. The van der Waals surface area contributed by atoms with Gasteiger partial charge in [-0.25, -0.2) is 4.79 Å². The molecule has 3 aromatic rings. The van der Waals surface area contributed by atoms with Gasteiger partial charge in [-0.1, -0.05) is 35.9 Å². The molecule has 0 aliphatic carbocycles. The molecule has 3 aromatic carbocycles. The average Bonchev–Trinajstić information content (AvgIpc) is 2.80. The highest BCUT2D eigenvalue weighted by molar-refractivity contribution is 6.31. The Morgan fingerprint density at radius 3 is 2.26 bits per heavy atom. The van der Waals surface area contributed by atoms with E-state index in [9.17, 15) is 14.4 Å². The number of benzene rings is 3. The predicted octanol–water partition coefficient (Wildman–Crippen LogP) is 4.68. The lowest BCUT2D eigenvalue weighted by Gasteiger charge is -2.11. The van der Waals surface area contributed by atoms with Crippen LogP contribution in [0.15, 0.2) is 66.7 Å². The molecule has 0 saturated heterocycles. The molecule has 6 nitrogen and oxygen atoms in total. The zero-order valence-electron chi connectivity index (χ0n) is 17.0. The monoisotopic (exact) mass is 437 g/mol. The van der Waals surface area contributed by atoms with E-state index >= 15 is 0 Å². The molecule has 31 heavy (non-hydrogen) atoms. The largest absolute Gasteiger partial charge is 0.497 e. The topological polar surface area (TPSA) is 81.7 Å². The predicted molar refractivity (Wildman–Crippen MR) is 118 cm³/mol. The van der Waals surface area contributed by atoms with E-state index in [1.54, 1.807) is 67.6 Å². The molecule has 3 rings (SSSR count). The van der Waals surface area contributed by atoms with Gasteiger partial charge in [-0.3, -0.25) is 9.59 Å². The Bertz CT molecular complexity index is 1130. The maximum absolute atomic E-state index is 12.9. The van der Waals surface area contributed by atoms with Crippen molar-refractivity contribution in [2.75, 3.05) is 19.0 Å². The van der Waals surface area contributed by atoms with Crippen molar-refractivity contribution < 1.29 is 23.9 Å². The van der Waals surface area contributed by atoms with Crippen LogP contribution in [0.4, 0.5) is 5.69 Å². The number of hydrogen-bond acceptors (Lipinski definition) is 5. The van der Waals surface area contributed by atoms with Crippen molar-refractivity contribution in [2.45, 2.75) is 6.92 Å². The molecule has 0 fully saturated rings. The zero-order chi connectivity index (χ0) is 22.4. The first-order valence-corrected chi connectivity index (χ1v) is 9.78. The van der Waals surface area contributed by atoms with Crippen molar-refractivity contribution in [2.24, 2.45) is 0 Å². The molecule has 158 valence electrons. The molecule has 0 radical (unpaired) electrons. The number of esters is 1. The van der Waals surface area contributed by atoms with E-state index in [1.165, 1.54) is 13.2 Å². The molecule has 0 heterocycles. The Kier molecular flexibility index (Phi) is 7.05. The second-order valence-corrected chi connectivity index (χ2v) is 7.05. The van der Waals surface area contributed by atoms with Gasteiger partial charge in [0.05, 0.1) is 12.7 Å². The molecule has 0 aliphatic rings. The zero-order valence-corrected chi connectivity index (χ0v) is 17.7. The highest BCUT2D eigenvalue weighted by Gasteiger charge is 2.20. The summed E-state index contributed by atoms with van der Waals surface area (Å²) >= 11 is 6.04. The van der Waals surface area contributed by atoms with Gasteiger partial charge in [0.1, 0.15) is 5.75 Å². The summed E-state index contributed by atoms with van der Waals surface area (Å²) in [5.41, 5.74) is 1.90. The van der Waals surface area contributed by atoms with Gasteiger partial charge in [-0.05, 0) is 55.0 Å². The third kappa shape index (κ3) is 5.29. The molecule has 7 heteroatoms. The number of ketones is 1. The minimum Gasteiger partial charge on any atom is -0.497 e. The van der Waals surface area contributed by atoms with Crippen molar-refractivity contribution >= 4 is 34.9 Å². The van der Waals surface area contributed by atoms with Crippen molar-refractivity contribution in [3.05, 3.63) is 94.0 Å². The molecule has 1 amide bonds. The van der Waals surface area contributed by atoms with Gasteiger partial charge in [-0.2, -0.15) is 0 Å². The molecule has 0 spiro atoms. The number of methoxy groups -OCH3 is 1. The van der Waals surface area contributed by atoms with Crippen molar-refractivity contribution in [3.63, 3.8) is 0 Å². The molecule has 0 saturated carbocycles. The van der Waals surface area contributed by atoms with Crippen LogP contribution in [0.2, 0.25) is 5.02 Å². The number of carbonyl (C=O) groups is 3. The second kappa shape index (κ2) is 9.91. The third-order valence-corrected chi connectivity index (χ3v) is 5.03. The van der Waals surface area contributed by atoms with Gasteiger partial charge in [0.2, 0.25) is 0 Å². The van der Waals surface area contributed by atoms with E-state index in [-0.39, 0.29) is 16.9 Å². The van der Waals surface area contributed by atoms with Gasteiger partial charge >= 0.3 is 5.97 Å². The fraction of sp³-hybridized carbons (Fsp3) is 0.125. The summed E-state index contributed by atoms with van der Waals surface area (Å²) in [6, 6.07) is 18.0. The van der Waals surface area contributed by atoms with Crippen LogP contribution in [0.1, 0.15) is 31.8 Å². The summed E-state index contributed by atoms with van der Waals surface area (Å²) in [5, 5.41) is 3.17. The SMILES string of the molecule is COc1ccc(C(=O)c2ccccc2C(=O)OCC(=O)Nc2cccc(Cl)c2C)cc1. The fourth-order valence-corrected chi connectivity index (χ4v) is 3.07. The number of hydrogen-bond donors (Lipinski definition) is 1. The lowest BCUT2D eigenvalue weighted by Crippen LogP contribution is -2.22. The quantitative estimate of drug-likeness (QED) is 0.428. The van der Waals surface area contributed by atoms with E-state index in [2.05, 4.69) is 5.32 Å². The molecule has 0 atom stereocenters. The molecule has 0 bridgehead atoms. The lowest BCUT2D eigenvalue weighted by molar-refractivity contribution is -0.119. The summed E-state index contributed by atoms with van der Waals surface area (Å²) in [5.74, 6) is -1.01. The van der Waals surface area contributed by atoms with Crippen molar-refractivity contribution in [3.8, 4) is 5.75 Å². The summed E-state index contributed by atoms with van der Waals surface area (Å²) in [6.07, 6.45) is 0. The number of carbonyl (C=O) groups excluding carboxylic acids is 3. The van der Waals surface area contributed by atoms with Gasteiger partial charge < -0.3 is 14.8 Å². The van der Waals surface area contributed by atoms with Crippen LogP contribution in [-0.2, 0) is 9.53 Å². The number of amides is 1. The van der Waals surface area contributed by atoms with E-state index in [0.717, 1.165) is 0 Å². The highest BCUT2D eigenvalue weighted by atomic mass is 35.5. The number of halogens is 1. The van der Waals surface area contributed by atoms with Crippen LogP contribution in [0, 0.1) is 6.92 Å². The molecule has 0 aliphatic heterocycles. The first kappa shape index (κ1) is 22.1. The van der Waals surface area contributed by atoms with Crippen LogP contribution in [0.25, 0.3) is 0 Å². The number of anilines is 1. The van der Waals surface area contributed by atoms with Crippen LogP contribution < -0.4 is 10.1 Å². The normalized spacial score (nSPS) is 10.3. The molecule has 1 N–H and O–H groups in total. The Morgan fingerprint density at radius 2 is 1.58 bits per heavy atom. The third-order valence-electron chi connectivity index (χ3n) is 4.62. The summed E-state index contributed by atoms with van der Waals surface area (Å²) in [6.45, 7) is 1.26. The summed E-state index contributed by atoms with van der Waals surface area (Å²) < 4.78 is 10.2. The maximum Gasteiger partial charge on any atom is 0.339 e. The number of nitrogens with one attached hydrogen (secondary N) is 1. The van der Waals surface area contributed by atoms with Gasteiger partial charge in [-0.15, -0.1) is 0 Å². The Hall–Kier alpha value is -3.64. The Labute approximate surface area is 184 Å². The van der Waals surface area contributed by atoms with Gasteiger partial charge in [0.15, 0.2) is 12.4 Å². The smallest absolute Gasteiger partial charge is 0.339 e. The van der Waals surface area contributed by atoms with Gasteiger partial charge in [0, 0.05) is 21.8 Å². The van der Waals surface area contributed by atoms with Crippen LogP contribution in [0.5, 0.6) is 5.75 Å². The van der Waals surface area contributed by atoms with E-state index in [0.29, 0.717) is 27.6 Å².